The van der Waals surface area contributed by atoms with E-state index in [1.807, 2.05) is 0 Å². The first kappa shape index (κ1) is 34.0. The van der Waals surface area contributed by atoms with E-state index in [0.717, 1.165) is 50.1 Å². The van der Waals surface area contributed by atoms with Crippen LogP contribution in [0.5, 0.6) is 0 Å². The molecular weight excluding hydrogens is 739 g/mol. The van der Waals surface area contributed by atoms with Crippen molar-refractivity contribution in [2.45, 2.75) is 5.41 Å². The second kappa shape index (κ2) is 13.0. The molecule has 2 aliphatic rings. The van der Waals surface area contributed by atoms with Crippen molar-refractivity contribution in [1.82, 2.24) is 0 Å². The third-order valence-electron chi connectivity index (χ3n) is 13.3. The Bertz CT molecular complexity index is 3480. The Labute approximate surface area is 354 Å². The highest BCUT2D eigenvalue weighted by atomic mass is 16.3. The highest BCUT2D eigenvalue weighted by molar-refractivity contribution is 6.11. The molecule has 0 fully saturated rings. The van der Waals surface area contributed by atoms with Gasteiger partial charge in [0.1, 0.15) is 11.2 Å². The van der Waals surface area contributed by atoms with E-state index in [1.165, 1.54) is 66.4 Å². The second-order valence-electron chi connectivity index (χ2n) is 16.4. The zero-order valence-electron chi connectivity index (χ0n) is 33.2. The maximum absolute atomic E-state index is 6.47. The van der Waals surface area contributed by atoms with E-state index in [9.17, 15) is 0 Å². The fourth-order valence-corrected chi connectivity index (χ4v) is 10.6. The van der Waals surface area contributed by atoms with Gasteiger partial charge >= 0.3 is 0 Å². The van der Waals surface area contributed by atoms with Crippen LogP contribution in [0.4, 0.5) is 17.1 Å². The van der Waals surface area contributed by atoms with Crippen LogP contribution in [0.2, 0.25) is 0 Å². The van der Waals surface area contributed by atoms with Gasteiger partial charge in [0.15, 0.2) is 0 Å². The molecule has 2 aliphatic carbocycles. The summed E-state index contributed by atoms with van der Waals surface area (Å²) in [7, 11) is 0. The van der Waals surface area contributed by atoms with Crippen LogP contribution < -0.4 is 4.90 Å². The van der Waals surface area contributed by atoms with Crippen LogP contribution >= 0.6 is 0 Å². The molecule has 0 radical (unpaired) electrons. The van der Waals surface area contributed by atoms with Gasteiger partial charge in [0, 0.05) is 27.7 Å². The van der Waals surface area contributed by atoms with E-state index in [-0.39, 0.29) is 0 Å². The van der Waals surface area contributed by atoms with Gasteiger partial charge in [-0.2, -0.15) is 0 Å². The number of fused-ring (bicyclic) bond motifs is 14. The van der Waals surface area contributed by atoms with Gasteiger partial charge in [0.2, 0.25) is 0 Å². The molecule has 1 spiro atoms. The molecule has 0 bridgehead atoms. The summed E-state index contributed by atoms with van der Waals surface area (Å²) in [4.78, 5) is 2.46. The molecule has 0 aliphatic heterocycles. The second-order valence-corrected chi connectivity index (χ2v) is 16.4. The third kappa shape index (κ3) is 4.91. The topological polar surface area (TPSA) is 16.4 Å². The van der Waals surface area contributed by atoms with Crippen LogP contribution in [0.15, 0.2) is 229 Å². The number of hydrogen-bond acceptors (Lipinski definition) is 2. The van der Waals surface area contributed by atoms with Crippen molar-refractivity contribution in [2.24, 2.45) is 0 Å². The number of benzene rings is 10. The minimum atomic E-state index is -0.449. The number of furan rings is 1. The number of para-hydroxylation sites is 1. The highest BCUT2D eigenvalue weighted by Gasteiger charge is 2.51. The summed E-state index contributed by atoms with van der Waals surface area (Å²) in [5, 5.41) is 4.62. The smallest absolute Gasteiger partial charge is 0.136 e. The third-order valence-corrected chi connectivity index (χ3v) is 13.3. The van der Waals surface area contributed by atoms with Crippen molar-refractivity contribution in [3.8, 4) is 44.5 Å². The lowest BCUT2D eigenvalue weighted by molar-refractivity contribution is 0.669. The summed E-state index contributed by atoms with van der Waals surface area (Å²) in [5.41, 5.74) is 19.8. The maximum atomic E-state index is 6.47. The Hall–Kier alpha value is -7.94. The number of anilines is 3. The van der Waals surface area contributed by atoms with Gasteiger partial charge < -0.3 is 9.32 Å². The van der Waals surface area contributed by atoms with Gasteiger partial charge in [-0.05, 0) is 127 Å². The van der Waals surface area contributed by atoms with Gasteiger partial charge in [-0.25, -0.2) is 0 Å². The van der Waals surface area contributed by atoms with Crippen molar-refractivity contribution >= 4 is 49.8 Å². The summed E-state index contributed by atoms with van der Waals surface area (Å²) >= 11 is 0. The molecule has 61 heavy (non-hydrogen) atoms. The van der Waals surface area contributed by atoms with Gasteiger partial charge in [-0.3, -0.25) is 0 Å². The molecule has 10 aromatic carbocycles. The van der Waals surface area contributed by atoms with Crippen LogP contribution in [0.3, 0.4) is 0 Å². The summed E-state index contributed by atoms with van der Waals surface area (Å²) in [6.45, 7) is 0. The van der Waals surface area contributed by atoms with Crippen LogP contribution in [0.1, 0.15) is 22.3 Å². The van der Waals surface area contributed by atoms with E-state index < -0.39 is 5.41 Å². The monoisotopic (exact) mass is 775 g/mol. The maximum Gasteiger partial charge on any atom is 0.136 e. The van der Waals surface area contributed by atoms with Crippen molar-refractivity contribution in [2.75, 3.05) is 4.90 Å². The molecule has 0 saturated heterocycles. The first-order chi connectivity index (χ1) is 30.2. The van der Waals surface area contributed by atoms with Crippen LogP contribution in [0, 0.1) is 0 Å². The Kier molecular flexibility index (Phi) is 7.26. The van der Waals surface area contributed by atoms with E-state index in [1.54, 1.807) is 0 Å². The number of hydrogen-bond donors (Lipinski definition) is 0. The first-order valence-electron chi connectivity index (χ1n) is 21.1. The standard InChI is InChI=1S/C59H37NO/c1-2-14-38(15-3-1)39-26-29-43(30-27-39)60(56-25-13-9-18-45(56)42-28-33-57-50(35-42)51-34-40-16-4-5-17-41(40)36-58(51)61-57)44-31-32-49-48-21-8-12-24-54(48)59(55(49)37-44)52-22-10-6-19-46(52)47-20-7-11-23-53(47)59/h1-37H. The zero-order chi connectivity index (χ0) is 40.1. The van der Waals surface area contributed by atoms with E-state index in [4.69, 9.17) is 4.42 Å². The molecule has 0 unspecified atom stereocenters. The average molecular weight is 776 g/mol. The van der Waals surface area contributed by atoms with Crippen molar-refractivity contribution in [1.29, 1.82) is 0 Å². The summed E-state index contributed by atoms with van der Waals surface area (Å²) in [6.07, 6.45) is 0. The quantitative estimate of drug-likeness (QED) is 0.173. The van der Waals surface area contributed by atoms with Gasteiger partial charge in [-0.1, -0.05) is 170 Å². The van der Waals surface area contributed by atoms with Crippen LogP contribution in [-0.4, -0.2) is 0 Å². The van der Waals surface area contributed by atoms with Crippen molar-refractivity contribution in [3.05, 3.63) is 247 Å². The van der Waals surface area contributed by atoms with Gasteiger partial charge in [0.25, 0.3) is 0 Å². The SMILES string of the molecule is c1ccc(-c2ccc(N(c3ccc4c(c3)C3(c5ccccc5-c5ccccc53)c3ccccc3-4)c3ccccc3-c3ccc4oc5cc6ccccc6cc5c4c3)cc2)cc1. The fraction of sp³-hybridized carbons (Fsp3) is 0.0169. The Balaban J connectivity index is 1.04. The molecule has 0 N–H and O–H groups in total. The predicted molar refractivity (Wildman–Crippen MR) is 253 cm³/mol. The Morgan fingerprint density at radius 1 is 0.311 bits per heavy atom. The molecule has 284 valence electrons. The molecule has 0 amide bonds. The lowest BCUT2D eigenvalue weighted by Crippen LogP contribution is -2.26. The molecular formula is C59H37NO. The van der Waals surface area contributed by atoms with Crippen LogP contribution in [0.25, 0.3) is 77.2 Å². The lowest BCUT2D eigenvalue weighted by atomic mass is 9.70. The Morgan fingerprint density at radius 2 is 0.820 bits per heavy atom. The molecule has 2 heteroatoms. The normalized spacial score (nSPS) is 13.0. The number of rotatable bonds is 5. The van der Waals surface area contributed by atoms with Gasteiger partial charge in [0.05, 0.1) is 11.1 Å². The van der Waals surface area contributed by atoms with E-state index in [0.29, 0.717) is 0 Å². The molecule has 11 aromatic rings. The summed E-state index contributed by atoms with van der Waals surface area (Å²) < 4.78 is 6.47. The summed E-state index contributed by atoms with van der Waals surface area (Å²) in [6, 6.07) is 82.4. The van der Waals surface area contributed by atoms with Crippen molar-refractivity contribution in [3.63, 3.8) is 0 Å². The molecule has 0 saturated carbocycles. The minimum absolute atomic E-state index is 0.449. The average Bonchev–Trinajstić information content (AvgIpc) is 3.94. The van der Waals surface area contributed by atoms with Crippen molar-refractivity contribution < 1.29 is 4.42 Å². The minimum Gasteiger partial charge on any atom is -0.456 e. The zero-order valence-corrected chi connectivity index (χ0v) is 33.2. The predicted octanol–water partition coefficient (Wildman–Crippen LogP) is 15.9. The largest absolute Gasteiger partial charge is 0.456 e. The molecule has 2 nitrogen and oxygen atoms in total. The van der Waals surface area contributed by atoms with Gasteiger partial charge in [-0.15, -0.1) is 0 Å². The van der Waals surface area contributed by atoms with E-state index in [2.05, 4.69) is 229 Å². The first-order valence-corrected chi connectivity index (χ1v) is 21.1. The Morgan fingerprint density at radius 3 is 1.51 bits per heavy atom. The van der Waals surface area contributed by atoms with E-state index >= 15 is 0 Å². The number of nitrogens with zero attached hydrogens (tertiary/aromatic N) is 1. The summed E-state index contributed by atoms with van der Waals surface area (Å²) in [5.74, 6) is 0. The molecule has 1 aromatic heterocycles. The molecule has 13 rings (SSSR count). The molecule has 0 atom stereocenters. The fourth-order valence-electron chi connectivity index (χ4n) is 10.6. The molecule has 1 heterocycles. The highest BCUT2D eigenvalue weighted by Crippen LogP contribution is 2.63. The van der Waals surface area contributed by atoms with Crippen LogP contribution in [-0.2, 0) is 5.41 Å². The lowest BCUT2D eigenvalue weighted by Gasteiger charge is -2.32.